The van der Waals surface area contributed by atoms with Gasteiger partial charge in [0.1, 0.15) is 0 Å². The third-order valence-electron chi connectivity index (χ3n) is 2.41. The minimum absolute atomic E-state index is 0.134. The number of halogens is 1. The van der Waals surface area contributed by atoms with Crippen LogP contribution in [0.4, 0.5) is 0 Å². The Morgan fingerprint density at radius 3 is 2.50 bits per heavy atom. The number of rotatable bonds is 5. The summed E-state index contributed by atoms with van der Waals surface area (Å²) >= 11 is 3.31. The first kappa shape index (κ1) is 15.2. The van der Waals surface area contributed by atoms with Crippen molar-refractivity contribution in [3.8, 4) is 0 Å². The molecule has 1 aromatic carbocycles. The highest BCUT2D eigenvalue weighted by Gasteiger charge is 2.21. The van der Waals surface area contributed by atoms with Crippen LogP contribution in [0.15, 0.2) is 22.7 Å². The molecule has 0 unspecified atom stereocenters. The summed E-state index contributed by atoms with van der Waals surface area (Å²) in [5, 5.41) is 8.73. The molecule has 1 atom stereocenters. The van der Waals surface area contributed by atoms with Crippen LogP contribution in [0.3, 0.4) is 0 Å². The lowest BCUT2D eigenvalue weighted by Crippen LogP contribution is -2.22. The highest BCUT2D eigenvalue weighted by atomic mass is 79.9. The molecule has 100 valence electrons. The molecule has 0 spiro atoms. The summed E-state index contributed by atoms with van der Waals surface area (Å²) in [4.78, 5) is 10.7. The normalized spacial score (nSPS) is 13.3. The standard InChI is InChI=1S/C12H15BrO4S/c1-8-3-10(5-11(13)4-8)7-18(16,17)6-9(2)12(14)15/h3-5,9H,6-7H2,1-2H3,(H,14,15)/t9-/m1/s1. The fourth-order valence-electron chi connectivity index (χ4n) is 1.66. The summed E-state index contributed by atoms with van der Waals surface area (Å²) in [5.74, 6) is -2.45. The van der Waals surface area contributed by atoms with E-state index >= 15 is 0 Å². The van der Waals surface area contributed by atoms with Crippen molar-refractivity contribution in [3.05, 3.63) is 33.8 Å². The molecule has 18 heavy (non-hydrogen) atoms. The van der Waals surface area contributed by atoms with Crippen molar-refractivity contribution in [2.45, 2.75) is 19.6 Å². The quantitative estimate of drug-likeness (QED) is 0.897. The average Bonchev–Trinajstić information content (AvgIpc) is 2.13. The third-order valence-corrected chi connectivity index (χ3v) is 4.65. The number of carboxylic acid groups (broad SMARTS) is 1. The molecule has 1 N–H and O–H groups in total. The highest BCUT2D eigenvalue weighted by molar-refractivity contribution is 9.10. The number of benzene rings is 1. The number of hydrogen-bond donors (Lipinski definition) is 1. The monoisotopic (exact) mass is 334 g/mol. The van der Waals surface area contributed by atoms with Gasteiger partial charge < -0.3 is 5.11 Å². The smallest absolute Gasteiger partial charge is 0.307 e. The maximum atomic E-state index is 11.9. The molecule has 0 heterocycles. The van der Waals surface area contributed by atoms with Crippen LogP contribution in [0.5, 0.6) is 0 Å². The van der Waals surface area contributed by atoms with Gasteiger partial charge >= 0.3 is 5.97 Å². The molecule has 0 fully saturated rings. The Balaban J connectivity index is 2.85. The average molecular weight is 335 g/mol. The maximum Gasteiger partial charge on any atom is 0.307 e. The first-order valence-corrected chi connectivity index (χ1v) is 8.00. The SMILES string of the molecule is Cc1cc(Br)cc(CS(=O)(=O)C[C@@H](C)C(=O)O)c1. The summed E-state index contributed by atoms with van der Waals surface area (Å²) in [6.45, 7) is 3.27. The predicted molar refractivity (Wildman–Crippen MR) is 73.2 cm³/mol. The van der Waals surface area contributed by atoms with Crippen molar-refractivity contribution in [1.29, 1.82) is 0 Å². The van der Waals surface area contributed by atoms with Gasteiger partial charge in [-0.25, -0.2) is 8.42 Å². The Kier molecular flexibility index (Phi) is 4.92. The van der Waals surface area contributed by atoms with Crippen LogP contribution in [0.2, 0.25) is 0 Å². The Hall–Kier alpha value is -0.880. The lowest BCUT2D eigenvalue weighted by molar-refractivity contribution is -0.140. The molecule has 6 heteroatoms. The van der Waals surface area contributed by atoms with Crippen LogP contribution >= 0.6 is 15.9 Å². The van der Waals surface area contributed by atoms with Crippen LogP contribution in [-0.4, -0.2) is 25.2 Å². The summed E-state index contributed by atoms with van der Waals surface area (Å²) in [6.07, 6.45) is 0. The zero-order valence-corrected chi connectivity index (χ0v) is 12.6. The van der Waals surface area contributed by atoms with Gasteiger partial charge in [-0.3, -0.25) is 4.79 Å². The molecular weight excluding hydrogens is 320 g/mol. The molecule has 0 aromatic heterocycles. The van der Waals surface area contributed by atoms with Crippen molar-refractivity contribution in [2.75, 3.05) is 5.75 Å². The second-order valence-electron chi connectivity index (χ2n) is 4.43. The van der Waals surface area contributed by atoms with E-state index in [0.29, 0.717) is 5.56 Å². The number of carbonyl (C=O) groups is 1. The summed E-state index contributed by atoms with van der Waals surface area (Å²) < 4.78 is 24.5. The molecule has 1 aromatic rings. The van der Waals surface area contributed by atoms with Crippen LogP contribution < -0.4 is 0 Å². The summed E-state index contributed by atoms with van der Waals surface area (Å²) in [7, 11) is -3.41. The van der Waals surface area contributed by atoms with Crippen LogP contribution in [0.25, 0.3) is 0 Å². The molecule has 0 radical (unpaired) electrons. The molecule has 1 rings (SSSR count). The largest absolute Gasteiger partial charge is 0.481 e. The van der Waals surface area contributed by atoms with E-state index < -0.39 is 21.7 Å². The molecule has 0 aliphatic heterocycles. The van der Waals surface area contributed by atoms with Crippen molar-refractivity contribution in [2.24, 2.45) is 5.92 Å². The van der Waals surface area contributed by atoms with Gasteiger partial charge in [0, 0.05) is 4.47 Å². The van der Waals surface area contributed by atoms with Crippen LogP contribution in [-0.2, 0) is 20.4 Å². The molecule has 0 saturated heterocycles. The lowest BCUT2D eigenvalue weighted by Gasteiger charge is -2.09. The number of aryl methyl sites for hydroxylation is 1. The van der Waals surface area contributed by atoms with E-state index in [1.54, 1.807) is 12.1 Å². The third kappa shape index (κ3) is 4.78. The van der Waals surface area contributed by atoms with Gasteiger partial charge in [-0.2, -0.15) is 0 Å². The fourth-order valence-corrected chi connectivity index (χ4v) is 4.01. The van der Waals surface area contributed by atoms with Gasteiger partial charge in [-0.1, -0.05) is 28.9 Å². The van der Waals surface area contributed by atoms with Gasteiger partial charge in [-0.15, -0.1) is 0 Å². The second kappa shape index (κ2) is 5.84. The summed E-state index contributed by atoms with van der Waals surface area (Å²) in [6, 6.07) is 5.40. The molecule has 0 saturated carbocycles. The minimum Gasteiger partial charge on any atom is -0.481 e. The Morgan fingerprint density at radius 2 is 2.00 bits per heavy atom. The van der Waals surface area contributed by atoms with Gasteiger partial charge in [0.2, 0.25) is 0 Å². The number of sulfone groups is 1. The molecule has 0 bridgehead atoms. The Morgan fingerprint density at radius 1 is 1.39 bits per heavy atom. The minimum atomic E-state index is -3.41. The van der Waals surface area contributed by atoms with E-state index in [-0.39, 0.29) is 11.5 Å². The number of aliphatic carboxylic acids is 1. The summed E-state index contributed by atoms with van der Waals surface area (Å²) in [5.41, 5.74) is 1.63. The van der Waals surface area contributed by atoms with Crippen molar-refractivity contribution < 1.29 is 18.3 Å². The van der Waals surface area contributed by atoms with Gasteiger partial charge in [0.15, 0.2) is 9.84 Å². The van der Waals surface area contributed by atoms with E-state index in [1.165, 1.54) is 6.92 Å². The zero-order chi connectivity index (χ0) is 13.9. The Bertz CT molecular complexity index is 531. The van der Waals surface area contributed by atoms with Gasteiger partial charge in [0.25, 0.3) is 0 Å². The van der Waals surface area contributed by atoms with Crippen molar-refractivity contribution >= 4 is 31.7 Å². The van der Waals surface area contributed by atoms with Gasteiger partial charge in [-0.05, 0) is 30.2 Å². The lowest BCUT2D eigenvalue weighted by atomic mass is 10.2. The Labute approximate surface area is 115 Å². The van der Waals surface area contributed by atoms with E-state index in [1.807, 2.05) is 13.0 Å². The van der Waals surface area contributed by atoms with Crippen LogP contribution in [0, 0.1) is 12.8 Å². The van der Waals surface area contributed by atoms with Crippen molar-refractivity contribution in [3.63, 3.8) is 0 Å². The van der Waals surface area contributed by atoms with Crippen LogP contribution in [0.1, 0.15) is 18.1 Å². The topological polar surface area (TPSA) is 71.4 Å². The van der Waals surface area contributed by atoms with E-state index in [4.69, 9.17) is 5.11 Å². The molecule has 0 amide bonds. The molecule has 4 nitrogen and oxygen atoms in total. The zero-order valence-electron chi connectivity index (χ0n) is 10.2. The molecule has 0 aliphatic rings. The van der Waals surface area contributed by atoms with Crippen molar-refractivity contribution in [1.82, 2.24) is 0 Å². The fraction of sp³-hybridized carbons (Fsp3) is 0.417. The van der Waals surface area contributed by atoms with E-state index in [9.17, 15) is 13.2 Å². The van der Waals surface area contributed by atoms with E-state index in [2.05, 4.69) is 15.9 Å². The molecular formula is C12H15BrO4S. The van der Waals surface area contributed by atoms with E-state index in [0.717, 1.165) is 10.0 Å². The second-order valence-corrected chi connectivity index (χ2v) is 7.46. The highest BCUT2D eigenvalue weighted by Crippen LogP contribution is 2.18. The first-order chi connectivity index (χ1) is 8.19. The molecule has 0 aliphatic carbocycles. The first-order valence-electron chi connectivity index (χ1n) is 5.39. The predicted octanol–water partition coefficient (Wildman–Crippen LogP) is 2.39. The maximum absolute atomic E-state index is 11.9. The van der Waals surface area contributed by atoms with Gasteiger partial charge in [0.05, 0.1) is 17.4 Å². The number of carboxylic acids is 1. The number of hydrogen-bond acceptors (Lipinski definition) is 3.